The molecule has 2 amide bonds. The number of hydrogen-bond acceptors (Lipinski definition) is 6. The molecular formula is C21H25N3O5. The molecule has 2 rings (SSSR count). The Bertz CT molecular complexity index is 900. The SMILES string of the molecule is COc1cc(/C=N/NC(=O)CCC(=O)Nc2cc(C)ccc2C)cc(OC)c1O. The number of amides is 2. The van der Waals surface area contributed by atoms with E-state index in [1.54, 1.807) is 12.1 Å². The van der Waals surface area contributed by atoms with E-state index in [-0.39, 0.29) is 36.0 Å². The van der Waals surface area contributed by atoms with Gasteiger partial charge >= 0.3 is 0 Å². The summed E-state index contributed by atoms with van der Waals surface area (Å²) in [6.07, 6.45) is 1.42. The minimum atomic E-state index is -0.393. The predicted molar refractivity (Wildman–Crippen MR) is 111 cm³/mol. The zero-order valence-corrected chi connectivity index (χ0v) is 16.9. The first-order chi connectivity index (χ1) is 13.8. The molecule has 0 aromatic heterocycles. The molecule has 2 aromatic carbocycles. The number of anilines is 1. The van der Waals surface area contributed by atoms with Crippen LogP contribution in [0.3, 0.4) is 0 Å². The summed E-state index contributed by atoms with van der Waals surface area (Å²) in [5.74, 6) is -0.313. The van der Waals surface area contributed by atoms with Crippen LogP contribution in [-0.2, 0) is 9.59 Å². The van der Waals surface area contributed by atoms with Crippen LogP contribution < -0.4 is 20.2 Å². The number of aryl methyl sites for hydroxylation is 2. The minimum absolute atomic E-state index is 0.00371. The van der Waals surface area contributed by atoms with Crippen molar-refractivity contribution in [2.45, 2.75) is 26.7 Å². The molecule has 0 spiro atoms. The second-order valence-corrected chi connectivity index (χ2v) is 6.43. The van der Waals surface area contributed by atoms with Gasteiger partial charge in [-0.2, -0.15) is 5.10 Å². The van der Waals surface area contributed by atoms with E-state index in [4.69, 9.17) is 9.47 Å². The molecule has 0 saturated heterocycles. The van der Waals surface area contributed by atoms with Gasteiger partial charge in [-0.3, -0.25) is 9.59 Å². The number of phenolic OH excluding ortho intramolecular Hbond substituents is 1. The third-order valence-electron chi connectivity index (χ3n) is 4.15. The minimum Gasteiger partial charge on any atom is -0.502 e. The van der Waals surface area contributed by atoms with E-state index in [2.05, 4.69) is 15.8 Å². The number of hydrazone groups is 1. The van der Waals surface area contributed by atoms with Gasteiger partial charge in [-0.1, -0.05) is 12.1 Å². The van der Waals surface area contributed by atoms with Gasteiger partial charge in [0.2, 0.25) is 17.6 Å². The molecule has 3 N–H and O–H groups in total. The average molecular weight is 399 g/mol. The molecule has 0 bridgehead atoms. The van der Waals surface area contributed by atoms with Gasteiger partial charge in [0, 0.05) is 24.1 Å². The molecule has 29 heavy (non-hydrogen) atoms. The van der Waals surface area contributed by atoms with E-state index >= 15 is 0 Å². The molecule has 0 unspecified atom stereocenters. The third-order valence-corrected chi connectivity index (χ3v) is 4.15. The first-order valence-corrected chi connectivity index (χ1v) is 8.98. The maximum absolute atomic E-state index is 12.1. The van der Waals surface area contributed by atoms with Gasteiger partial charge in [-0.25, -0.2) is 5.43 Å². The highest BCUT2D eigenvalue weighted by molar-refractivity contribution is 5.94. The van der Waals surface area contributed by atoms with Crippen molar-refractivity contribution in [2.75, 3.05) is 19.5 Å². The Balaban J connectivity index is 1.87. The topological polar surface area (TPSA) is 109 Å². The summed E-state index contributed by atoms with van der Waals surface area (Å²) >= 11 is 0. The molecule has 0 atom stereocenters. The van der Waals surface area contributed by atoms with E-state index in [0.29, 0.717) is 5.56 Å². The van der Waals surface area contributed by atoms with E-state index < -0.39 is 5.91 Å². The van der Waals surface area contributed by atoms with Gasteiger partial charge < -0.3 is 19.9 Å². The van der Waals surface area contributed by atoms with Gasteiger partial charge in [0.15, 0.2) is 11.5 Å². The summed E-state index contributed by atoms with van der Waals surface area (Å²) in [5, 5.41) is 16.6. The number of carbonyl (C=O) groups is 2. The van der Waals surface area contributed by atoms with E-state index in [0.717, 1.165) is 16.8 Å². The van der Waals surface area contributed by atoms with E-state index in [9.17, 15) is 14.7 Å². The highest BCUT2D eigenvalue weighted by Crippen LogP contribution is 2.36. The Hall–Kier alpha value is -3.55. The number of rotatable bonds is 8. The molecule has 2 aromatic rings. The van der Waals surface area contributed by atoms with Crippen LogP contribution in [-0.4, -0.2) is 37.4 Å². The number of benzene rings is 2. The standard InChI is InChI=1S/C21H25N3O5/c1-13-5-6-14(2)16(9-13)23-19(25)7-8-20(26)24-22-12-15-10-17(28-3)21(27)18(11-15)29-4/h5-6,9-12,27H,7-8H2,1-4H3,(H,23,25)(H,24,26)/b22-12+. The number of methoxy groups -OCH3 is 2. The summed E-state index contributed by atoms with van der Waals surface area (Å²) in [7, 11) is 2.83. The molecular weight excluding hydrogens is 374 g/mol. The first-order valence-electron chi connectivity index (χ1n) is 8.98. The van der Waals surface area contributed by atoms with Crippen LogP contribution in [0.4, 0.5) is 5.69 Å². The van der Waals surface area contributed by atoms with Crippen molar-refractivity contribution in [2.24, 2.45) is 5.10 Å². The van der Waals surface area contributed by atoms with Crippen LogP contribution >= 0.6 is 0 Å². The fraction of sp³-hybridized carbons (Fsp3) is 0.286. The van der Waals surface area contributed by atoms with Gasteiger partial charge in [-0.05, 0) is 43.2 Å². The molecule has 0 radical (unpaired) electrons. The monoisotopic (exact) mass is 399 g/mol. The highest BCUT2D eigenvalue weighted by atomic mass is 16.5. The molecule has 0 aliphatic heterocycles. The smallest absolute Gasteiger partial charge is 0.240 e. The third kappa shape index (κ3) is 6.24. The second kappa shape index (κ2) is 10.1. The van der Waals surface area contributed by atoms with Crippen molar-refractivity contribution in [1.82, 2.24) is 5.43 Å². The number of ether oxygens (including phenoxy) is 2. The Kier molecular flexibility index (Phi) is 7.59. The molecule has 0 heterocycles. The zero-order chi connectivity index (χ0) is 21.4. The van der Waals surface area contributed by atoms with Gasteiger partial charge in [0.05, 0.1) is 20.4 Å². The van der Waals surface area contributed by atoms with Crippen LogP contribution in [0.25, 0.3) is 0 Å². The summed E-state index contributed by atoms with van der Waals surface area (Å²) in [6.45, 7) is 3.85. The van der Waals surface area contributed by atoms with Crippen LogP contribution in [0.2, 0.25) is 0 Å². The van der Waals surface area contributed by atoms with Crippen molar-refractivity contribution in [3.8, 4) is 17.2 Å². The molecule has 0 fully saturated rings. The largest absolute Gasteiger partial charge is 0.502 e. The number of nitrogens with zero attached hydrogens (tertiary/aromatic N) is 1. The Labute approximate surface area is 169 Å². The maximum atomic E-state index is 12.1. The number of phenols is 1. The Morgan fingerprint density at radius 2 is 1.66 bits per heavy atom. The van der Waals surface area contributed by atoms with E-state index in [1.165, 1.54) is 20.4 Å². The summed E-state index contributed by atoms with van der Waals surface area (Å²) in [4.78, 5) is 24.0. The fourth-order valence-electron chi connectivity index (χ4n) is 2.53. The van der Waals surface area contributed by atoms with Crippen LogP contribution in [0.5, 0.6) is 17.2 Å². The summed E-state index contributed by atoms with van der Waals surface area (Å²) in [5.41, 5.74) is 5.66. The molecule has 8 heteroatoms. The second-order valence-electron chi connectivity index (χ2n) is 6.43. The average Bonchev–Trinajstić information content (AvgIpc) is 2.70. The molecule has 8 nitrogen and oxygen atoms in total. The van der Waals surface area contributed by atoms with Gasteiger partial charge in [-0.15, -0.1) is 0 Å². The van der Waals surface area contributed by atoms with Crippen LogP contribution in [0.1, 0.15) is 29.5 Å². The van der Waals surface area contributed by atoms with Crippen molar-refractivity contribution in [1.29, 1.82) is 0 Å². The summed E-state index contributed by atoms with van der Waals surface area (Å²) < 4.78 is 10.1. The van der Waals surface area contributed by atoms with Crippen LogP contribution in [0, 0.1) is 13.8 Å². The fourth-order valence-corrected chi connectivity index (χ4v) is 2.53. The zero-order valence-electron chi connectivity index (χ0n) is 16.9. The Morgan fingerprint density at radius 1 is 1.03 bits per heavy atom. The lowest BCUT2D eigenvalue weighted by Gasteiger charge is -2.09. The quantitative estimate of drug-likeness (QED) is 0.467. The predicted octanol–water partition coefficient (Wildman–Crippen LogP) is 2.90. The number of aromatic hydroxyl groups is 1. The lowest BCUT2D eigenvalue weighted by molar-refractivity contribution is -0.124. The normalized spacial score (nSPS) is 10.6. The number of hydrogen-bond donors (Lipinski definition) is 3. The van der Waals surface area contributed by atoms with Crippen LogP contribution in [0.15, 0.2) is 35.4 Å². The highest BCUT2D eigenvalue weighted by Gasteiger charge is 2.11. The van der Waals surface area contributed by atoms with Crippen molar-refractivity contribution >= 4 is 23.7 Å². The lowest BCUT2D eigenvalue weighted by atomic mass is 10.1. The van der Waals surface area contributed by atoms with Gasteiger partial charge in [0.1, 0.15) is 0 Å². The van der Waals surface area contributed by atoms with Crippen molar-refractivity contribution < 1.29 is 24.2 Å². The number of nitrogens with one attached hydrogen (secondary N) is 2. The van der Waals surface area contributed by atoms with Crippen molar-refractivity contribution in [3.05, 3.63) is 47.0 Å². The Morgan fingerprint density at radius 3 is 2.28 bits per heavy atom. The van der Waals surface area contributed by atoms with Crippen molar-refractivity contribution in [3.63, 3.8) is 0 Å². The van der Waals surface area contributed by atoms with Gasteiger partial charge in [0.25, 0.3) is 0 Å². The molecule has 0 aliphatic carbocycles. The number of carbonyl (C=O) groups excluding carboxylic acids is 2. The molecule has 0 saturated carbocycles. The van der Waals surface area contributed by atoms with E-state index in [1.807, 2.05) is 32.0 Å². The summed E-state index contributed by atoms with van der Waals surface area (Å²) in [6, 6.07) is 8.88. The lowest BCUT2D eigenvalue weighted by Crippen LogP contribution is -2.21. The first kappa shape index (κ1) is 21.7. The molecule has 154 valence electrons. The molecule has 0 aliphatic rings. The maximum Gasteiger partial charge on any atom is 0.240 e.